The highest BCUT2D eigenvalue weighted by Gasteiger charge is 2.43. The van der Waals surface area contributed by atoms with Crippen LogP contribution in [0.1, 0.15) is 20.8 Å². The first-order chi connectivity index (χ1) is 9.02. The lowest BCUT2D eigenvalue weighted by Gasteiger charge is -2.40. The van der Waals surface area contributed by atoms with Crippen molar-refractivity contribution < 1.29 is 13.7 Å². The quantitative estimate of drug-likeness (QED) is 0.321. The standard InChI is InChI=1S/C13H20BO3S/c1-5-6-7-8(2)11-9(3)12(17-18-14)10(4)13(15)16-11/h5-12,14H,1H2,2-4H3/t8-,9+,10+,11+,12-/m0/s1/i14T. The summed E-state index contributed by atoms with van der Waals surface area (Å²) in [7, 11) is 1.12. The van der Waals surface area contributed by atoms with Gasteiger partial charge in [-0.15, -0.1) is 0 Å². The van der Waals surface area contributed by atoms with Gasteiger partial charge < -0.3 is 8.92 Å². The van der Waals surface area contributed by atoms with Crippen molar-refractivity contribution in [2.24, 2.45) is 17.8 Å². The maximum absolute atomic E-state index is 11.9. The van der Waals surface area contributed by atoms with Crippen molar-refractivity contribution in [3.8, 4) is 0 Å². The Bertz CT molecular complexity index is 351. The lowest BCUT2D eigenvalue weighted by Crippen LogP contribution is -2.49. The average Bonchev–Trinajstić information content (AvgIpc) is 2.40. The molecule has 99 valence electrons. The minimum Gasteiger partial charge on any atom is -0.461 e. The zero-order chi connectivity index (χ0) is 14.4. The van der Waals surface area contributed by atoms with E-state index in [0.717, 1.165) is 19.0 Å². The molecule has 1 saturated heterocycles. The lowest BCUT2D eigenvalue weighted by molar-refractivity contribution is -0.177. The number of hydrogen-bond donors (Lipinski definition) is 0. The summed E-state index contributed by atoms with van der Waals surface area (Å²) < 4.78 is 18.1. The Hall–Kier alpha value is -0.675. The molecule has 18 heavy (non-hydrogen) atoms. The molecular weight excluding hydrogens is 247 g/mol. The summed E-state index contributed by atoms with van der Waals surface area (Å²) in [4.78, 5) is 11.9. The van der Waals surface area contributed by atoms with Gasteiger partial charge >= 0.3 is 5.97 Å². The zero-order valence-corrected chi connectivity index (χ0v) is 11.9. The summed E-state index contributed by atoms with van der Waals surface area (Å²) in [6, 6.07) is 0. The minimum atomic E-state index is -0.311. The van der Waals surface area contributed by atoms with Gasteiger partial charge in [-0.25, -0.2) is 0 Å². The SMILES string of the molecule is [3H][B]SO[C@H]1[C@H](C)[C@@H]([C@@H](C)C=CC=C)OC(=O)[C@@H]1C. The number of esters is 1. The molecule has 1 fully saturated rings. The van der Waals surface area contributed by atoms with Crippen molar-refractivity contribution in [3.63, 3.8) is 0 Å². The minimum absolute atomic E-state index is 0.0737. The summed E-state index contributed by atoms with van der Waals surface area (Å²) in [5.41, 5.74) is 0. The maximum Gasteiger partial charge on any atom is 0.311 e. The first kappa shape index (κ1) is 13.7. The van der Waals surface area contributed by atoms with Gasteiger partial charge in [-0.1, -0.05) is 50.5 Å². The number of carbonyl (C=O) groups is 1. The molecular formula is C13H20BO3S. The third kappa shape index (κ3) is 3.42. The van der Waals surface area contributed by atoms with Gasteiger partial charge in [-0.05, 0) is 8.26 Å². The van der Waals surface area contributed by atoms with Gasteiger partial charge in [0.25, 0.3) is 0 Å². The fourth-order valence-corrected chi connectivity index (χ4v) is 2.78. The molecule has 1 rings (SSSR count). The van der Waals surface area contributed by atoms with Crippen LogP contribution in [0, 0.1) is 17.8 Å². The van der Waals surface area contributed by atoms with Crippen molar-refractivity contribution in [1.29, 1.82) is 1.34 Å². The second-order valence-electron chi connectivity index (χ2n) is 4.69. The summed E-state index contributed by atoms with van der Waals surface area (Å²) in [5, 5.41) is 0. The van der Waals surface area contributed by atoms with Crippen molar-refractivity contribution in [2.45, 2.75) is 33.0 Å². The fourth-order valence-electron chi connectivity index (χ4n) is 2.31. The molecule has 1 aliphatic heterocycles. The summed E-state index contributed by atoms with van der Waals surface area (Å²) >= 11 is 0.955. The van der Waals surface area contributed by atoms with Crippen molar-refractivity contribution in [3.05, 3.63) is 24.8 Å². The Morgan fingerprint density at radius 3 is 3.00 bits per heavy atom. The predicted octanol–water partition coefficient (Wildman–Crippen LogP) is 2.41. The third-order valence-corrected chi connectivity index (χ3v) is 3.72. The van der Waals surface area contributed by atoms with Gasteiger partial charge in [0.1, 0.15) is 6.10 Å². The molecule has 0 N–H and O–H groups in total. The molecule has 1 aliphatic rings. The van der Waals surface area contributed by atoms with E-state index in [2.05, 4.69) is 6.58 Å². The van der Waals surface area contributed by atoms with Crippen LogP contribution < -0.4 is 0 Å². The highest BCUT2D eigenvalue weighted by Crippen LogP contribution is 2.34. The van der Waals surface area contributed by atoms with E-state index in [0.29, 0.717) is 0 Å². The number of cyclic esters (lactones) is 1. The van der Waals surface area contributed by atoms with Gasteiger partial charge in [0.05, 0.1) is 12.0 Å². The molecule has 0 unspecified atom stereocenters. The summed E-state index contributed by atoms with van der Waals surface area (Å²) in [6.07, 6.45) is 5.07. The van der Waals surface area contributed by atoms with Crippen molar-refractivity contribution in [2.75, 3.05) is 0 Å². The molecule has 0 saturated carbocycles. The molecule has 1 heterocycles. The normalized spacial score (nSPS) is 34.8. The van der Waals surface area contributed by atoms with Crippen LogP contribution in [0.25, 0.3) is 0 Å². The monoisotopic (exact) mass is 269 g/mol. The number of allylic oxidation sites excluding steroid dienone is 2. The van der Waals surface area contributed by atoms with E-state index in [-0.39, 0.29) is 35.9 Å². The van der Waals surface area contributed by atoms with Crippen LogP contribution in [0.5, 0.6) is 0 Å². The number of rotatable bonds is 6. The van der Waals surface area contributed by atoms with E-state index in [1.54, 1.807) is 13.0 Å². The molecule has 0 spiro atoms. The van der Waals surface area contributed by atoms with Crippen LogP contribution in [0.2, 0.25) is 0 Å². The van der Waals surface area contributed by atoms with Crippen LogP contribution in [0.15, 0.2) is 24.8 Å². The highest BCUT2D eigenvalue weighted by atomic mass is 32.2. The average molecular weight is 269 g/mol. The summed E-state index contributed by atoms with van der Waals surface area (Å²) in [6.45, 7) is 9.45. The van der Waals surface area contributed by atoms with Crippen LogP contribution >= 0.6 is 11.9 Å². The van der Waals surface area contributed by atoms with Crippen LogP contribution in [-0.4, -0.2) is 26.6 Å². The topological polar surface area (TPSA) is 35.5 Å². The first-order valence-electron chi connectivity index (χ1n) is 6.62. The van der Waals surface area contributed by atoms with Crippen LogP contribution in [-0.2, 0) is 13.7 Å². The molecule has 3 nitrogen and oxygen atoms in total. The molecule has 5 atom stereocenters. The van der Waals surface area contributed by atoms with E-state index in [4.69, 9.17) is 10.3 Å². The molecule has 0 aromatic carbocycles. The van der Waals surface area contributed by atoms with E-state index in [1.807, 2.05) is 26.0 Å². The van der Waals surface area contributed by atoms with E-state index < -0.39 is 0 Å². The molecule has 0 aromatic heterocycles. The number of hydrogen-bond acceptors (Lipinski definition) is 4. The first-order valence-corrected chi connectivity index (χ1v) is 6.85. The van der Waals surface area contributed by atoms with Gasteiger partial charge in [-0.2, -0.15) is 0 Å². The van der Waals surface area contributed by atoms with E-state index in [9.17, 15) is 4.79 Å². The van der Waals surface area contributed by atoms with E-state index in [1.165, 1.54) is 0 Å². The van der Waals surface area contributed by atoms with Gasteiger partial charge in [-0.3, -0.25) is 4.79 Å². The highest BCUT2D eigenvalue weighted by molar-refractivity contribution is 8.15. The Kier molecular flexibility index (Phi) is 5.38. The van der Waals surface area contributed by atoms with E-state index >= 15 is 0 Å². The predicted molar refractivity (Wildman–Crippen MR) is 76.3 cm³/mol. The summed E-state index contributed by atoms with van der Waals surface area (Å²) in [5.74, 6) is -0.378. The fraction of sp³-hybridized carbons (Fsp3) is 0.615. The molecule has 0 aromatic rings. The largest absolute Gasteiger partial charge is 0.461 e. The second kappa shape index (κ2) is 7.05. The van der Waals surface area contributed by atoms with Crippen LogP contribution in [0.3, 0.4) is 0 Å². The Morgan fingerprint density at radius 1 is 1.67 bits per heavy atom. The lowest BCUT2D eigenvalue weighted by atomic mass is 9.81. The maximum atomic E-state index is 11.9. The number of ether oxygens (including phenoxy) is 1. The molecule has 0 amide bonds. The van der Waals surface area contributed by atoms with Crippen molar-refractivity contribution in [1.82, 2.24) is 0 Å². The molecule has 1 radical (unpaired) electrons. The molecule has 0 aliphatic carbocycles. The van der Waals surface area contributed by atoms with Gasteiger partial charge in [0.2, 0.25) is 7.09 Å². The second-order valence-corrected chi connectivity index (χ2v) is 5.07. The Balaban J connectivity index is 2.80. The van der Waals surface area contributed by atoms with Gasteiger partial charge in [0.15, 0.2) is 0 Å². The smallest absolute Gasteiger partial charge is 0.311 e. The molecule has 0 bridgehead atoms. The zero-order valence-electron chi connectivity index (χ0n) is 12.0. The van der Waals surface area contributed by atoms with Crippen LogP contribution in [0.4, 0.5) is 0 Å². The molecule has 5 heteroatoms. The number of carbonyl (C=O) groups excluding carboxylic acids is 1. The Labute approximate surface area is 116 Å². The van der Waals surface area contributed by atoms with Gasteiger partial charge in [0, 0.05) is 11.8 Å². The Morgan fingerprint density at radius 2 is 2.39 bits per heavy atom. The third-order valence-electron chi connectivity index (χ3n) is 3.39. The van der Waals surface area contributed by atoms with Crippen molar-refractivity contribution >= 4 is 25.0 Å².